The largest absolute Gasteiger partial charge is 0.338 e. The van der Waals surface area contributed by atoms with Crippen molar-refractivity contribution in [2.75, 3.05) is 13.1 Å². The van der Waals surface area contributed by atoms with Crippen molar-refractivity contribution >= 4 is 28.7 Å². The number of carbonyl (C=O) groups excluding carboxylic acids is 1. The molecule has 0 aliphatic rings. The number of amides is 2. The second-order valence-electron chi connectivity index (χ2n) is 4.78. The zero-order chi connectivity index (χ0) is 14.4. The maximum Gasteiger partial charge on any atom is 0.314 e. The number of thiazole rings is 1. The predicted octanol–water partition coefficient (Wildman–Crippen LogP) is 3.41. The number of urea groups is 1. The van der Waals surface area contributed by atoms with Gasteiger partial charge in [-0.25, -0.2) is 9.78 Å². The van der Waals surface area contributed by atoms with Gasteiger partial charge in [0.25, 0.3) is 0 Å². The van der Waals surface area contributed by atoms with Gasteiger partial charge < -0.3 is 10.6 Å². The molecule has 0 aliphatic carbocycles. The minimum Gasteiger partial charge on any atom is -0.338 e. The fourth-order valence-electron chi connectivity index (χ4n) is 1.79. The van der Waals surface area contributed by atoms with Crippen LogP contribution in [0.4, 0.5) is 4.79 Å². The average Bonchev–Trinajstić information content (AvgIpc) is 3.14. The molecule has 2 amide bonds. The average molecular weight is 309 g/mol. The van der Waals surface area contributed by atoms with Crippen LogP contribution in [0.5, 0.6) is 0 Å². The molecule has 0 saturated carbocycles. The molecule has 2 heterocycles. The summed E-state index contributed by atoms with van der Waals surface area (Å²) in [5.41, 5.74) is 0. The molecule has 2 N–H and O–H groups in total. The van der Waals surface area contributed by atoms with E-state index in [9.17, 15) is 4.79 Å². The van der Waals surface area contributed by atoms with Crippen molar-refractivity contribution in [1.29, 1.82) is 0 Å². The van der Waals surface area contributed by atoms with E-state index < -0.39 is 0 Å². The van der Waals surface area contributed by atoms with E-state index >= 15 is 0 Å². The Hall–Kier alpha value is -1.40. The second kappa shape index (κ2) is 7.40. The molecular weight excluding hydrogens is 290 g/mol. The summed E-state index contributed by atoms with van der Waals surface area (Å²) in [6.07, 6.45) is 1.79. The Bertz CT molecular complexity index is 464. The first-order valence-corrected chi connectivity index (χ1v) is 8.37. The molecule has 4 nitrogen and oxygen atoms in total. The molecule has 0 aliphatic heterocycles. The van der Waals surface area contributed by atoms with Crippen LogP contribution >= 0.6 is 22.7 Å². The molecule has 2 aromatic heterocycles. The van der Waals surface area contributed by atoms with Crippen molar-refractivity contribution in [3.63, 3.8) is 0 Å². The molecule has 2 unspecified atom stereocenters. The van der Waals surface area contributed by atoms with Crippen LogP contribution in [0.2, 0.25) is 0 Å². The summed E-state index contributed by atoms with van der Waals surface area (Å²) in [5, 5.41) is 10.9. The van der Waals surface area contributed by atoms with Crippen LogP contribution in [0.1, 0.15) is 35.6 Å². The van der Waals surface area contributed by atoms with Crippen molar-refractivity contribution in [3.8, 4) is 0 Å². The maximum absolute atomic E-state index is 11.8. The Labute approximate surface area is 127 Å². The Morgan fingerprint density at radius 2 is 1.95 bits per heavy atom. The van der Waals surface area contributed by atoms with Gasteiger partial charge in [-0.15, -0.1) is 22.7 Å². The molecule has 2 rings (SSSR count). The standard InChI is InChI=1S/C14H19N3OS2/c1-10(12-4-3-6-19-12)8-16-14(18)17-9-11(2)13-15-5-7-20-13/h3-7,10-11H,8-9H2,1-2H3,(H2,16,17,18). The molecule has 108 valence electrons. The summed E-state index contributed by atoms with van der Waals surface area (Å²) in [7, 11) is 0. The Morgan fingerprint density at radius 3 is 2.55 bits per heavy atom. The van der Waals surface area contributed by atoms with Crippen LogP contribution < -0.4 is 10.6 Å². The number of thiophene rings is 1. The number of aromatic nitrogens is 1. The van der Waals surface area contributed by atoms with Crippen molar-refractivity contribution < 1.29 is 4.79 Å². The smallest absolute Gasteiger partial charge is 0.314 e. The van der Waals surface area contributed by atoms with E-state index in [-0.39, 0.29) is 11.9 Å². The highest BCUT2D eigenvalue weighted by Crippen LogP contribution is 2.19. The second-order valence-corrected chi connectivity index (χ2v) is 6.68. The Kier molecular flexibility index (Phi) is 5.55. The number of carbonyl (C=O) groups is 1. The monoisotopic (exact) mass is 309 g/mol. The zero-order valence-electron chi connectivity index (χ0n) is 11.6. The lowest BCUT2D eigenvalue weighted by Crippen LogP contribution is -2.38. The zero-order valence-corrected chi connectivity index (χ0v) is 13.3. The summed E-state index contributed by atoms with van der Waals surface area (Å²) < 4.78 is 0. The third-order valence-corrected chi connectivity index (χ3v) is 5.15. The quantitative estimate of drug-likeness (QED) is 0.859. The lowest BCUT2D eigenvalue weighted by molar-refractivity contribution is 0.240. The van der Waals surface area contributed by atoms with Crippen LogP contribution in [0.15, 0.2) is 29.1 Å². The third-order valence-electron chi connectivity index (χ3n) is 3.04. The number of nitrogens with one attached hydrogen (secondary N) is 2. The minimum atomic E-state index is -0.114. The van der Waals surface area contributed by atoms with E-state index in [4.69, 9.17) is 0 Å². The van der Waals surface area contributed by atoms with Gasteiger partial charge in [0.1, 0.15) is 0 Å². The van der Waals surface area contributed by atoms with Crippen molar-refractivity contribution in [3.05, 3.63) is 39.0 Å². The van der Waals surface area contributed by atoms with E-state index in [1.54, 1.807) is 28.9 Å². The predicted molar refractivity (Wildman–Crippen MR) is 84.7 cm³/mol. The van der Waals surface area contributed by atoms with Crippen molar-refractivity contribution in [2.45, 2.75) is 25.7 Å². The summed E-state index contributed by atoms with van der Waals surface area (Å²) >= 11 is 3.34. The maximum atomic E-state index is 11.8. The molecule has 0 bridgehead atoms. The molecule has 2 atom stereocenters. The number of hydrogen-bond acceptors (Lipinski definition) is 4. The van der Waals surface area contributed by atoms with Crippen LogP contribution in [0.3, 0.4) is 0 Å². The van der Waals surface area contributed by atoms with Gasteiger partial charge in [-0.3, -0.25) is 0 Å². The van der Waals surface area contributed by atoms with E-state index in [1.165, 1.54) is 4.88 Å². The topological polar surface area (TPSA) is 54.0 Å². The lowest BCUT2D eigenvalue weighted by Gasteiger charge is -2.13. The van der Waals surface area contributed by atoms with E-state index in [0.29, 0.717) is 19.0 Å². The van der Waals surface area contributed by atoms with Gasteiger partial charge in [-0.05, 0) is 11.4 Å². The highest BCUT2D eigenvalue weighted by atomic mass is 32.1. The highest BCUT2D eigenvalue weighted by molar-refractivity contribution is 7.10. The van der Waals surface area contributed by atoms with Gasteiger partial charge >= 0.3 is 6.03 Å². The Balaban J connectivity index is 1.68. The van der Waals surface area contributed by atoms with Gasteiger partial charge in [0.2, 0.25) is 0 Å². The molecular formula is C14H19N3OS2. The first kappa shape index (κ1) is 15.0. The summed E-state index contributed by atoms with van der Waals surface area (Å²) in [5.74, 6) is 0.590. The first-order chi connectivity index (χ1) is 9.66. The molecule has 0 radical (unpaired) electrons. The third kappa shape index (κ3) is 4.31. The van der Waals surface area contributed by atoms with Crippen molar-refractivity contribution in [1.82, 2.24) is 15.6 Å². The molecule has 0 saturated heterocycles. The highest BCUT2D eigenvalue weighted by Gasteiger charge is 2.11. The molecule has 20 heavy (non-hydrogen) atoms. The molecule has 0 fully saturated rings. The van der Waals surface area contributed by atoms with E-state index in [2.05, 4.69) is 40.9 Å². The van der Waals surface area contributed by atoms with Crippen LogP contribution in [-0.2, 0) is 0 Å². The van der Waals surface area contributed by atoms with Gasteiger partial charge in [-0.1, -0.05) is 19.9 Å². The number of rotatable bonds is 6. The summed E-state index contributed by atoms with van der Waals surface area (Å²) in [4.78, 5) is 17.3. The minimum absolute atomic E-state index is 0.114. The molecule has 0 spiro atoms. The summed E-state index contributed by atoms with van der Waals surface area (Å²) in [6.45, 7) is 5.43. The van der Waals surface area contributed by atoms with Crippen molar-refractivity contribution in [2.24, 2.45) is 0 Å². The molecule has 2 aromatic rings. The summed E-state index contributed by atoms with van der Waals surface area (Å²) in [6, 6.07) is 4.02. The number of nitrogens with zero attached hydrogens (tertiary/aromatic N) is 1. The normalized spacial score (nSPS) is 13.7. The molecule has 0 aromatic carbocycles. The van der Waals surface area contributed by atoms with Gasteiger partial charge in [-0.2, -0.15) is 0 Å². The van der Waals surface area contributed by atoms with Crippen LogP contribution in [0.25, 0.3) is 0 Å². The fraction of sp³-hybridized carbons (Fsp3) is 0.429. The van der Waals surface area contributed by atoms with Gasteiger partial charge in [0.15, 0.2) is 0 Å². The fourth-order valence-corrected chi connectivity index (χ4v) is 3.28. The van der Waals surface area contributed by atoms with Crippen LogP contribution in [0, 0.1) is 0 Å². The van der Waals surface area contributed by atoms with Gasteiger partial charge in [0, 0.05) is 41.4 Å². The first-order valence-electron chi connectivity index (χ1n) is 6.61. The van der Waals surface area contributed by atoms with Gasteiger partial charge in [0.05, 0.1) is 5.01 Å². The Morgan fingerprint density at radius 1 is 1.20 bits per heavy atom. The van der Waals surface area contributed by atoms with Crippen LogP contribution in [-0.4, -0.2) is 24.1 Å². The number of hydrogen-bond donors (Lipinski definition) is 2. The van der Waals surface area contributed by atoms with E-state index in [1.807, 2.05) is 11.4 Å². The molecule has 6 heteroatoms. The van der Waals surface area contributed by atoms with E-state index in [0.717, 1.165) is 5.01 Å². The SMILES string of the molecule is CC(CNC(=O)NCC(C)c1nccs1)c1cccs1. The lowest BCUT2D eigenvalue weighted by atomic mass is 10.1.